The molecule has 0 saturated carbocycles. The van der Waals surface area contributed by atoms with Crippen molar-refractivity contribution in [1.82, 2.24) is 4.90 Å². The number of carbonyl (C=O) groups is 1. The van der Waals surface area contributed by atoms with Gasteiger partial charge in [0.15, 0.2) is 9.84 Å². The molecular weight excluding hydrogens is 374 g/mol. The largest absolute Gasteiger partial charge is 0.444 e. The highest BCUT2D eigenvalue weighted by Gasteiger charge is 2.68. The van der Waals surface area contributed by atoms with E-state index in [1.165, 1.54) is 12.1 Å². The molecule has 1 aromatic rings. The summed E-state index contributed by atoms with van der Waals surface area (Å²) in [6, 6.07) is 3.53. The molecular formula is C18H25NO7S. The number of rotatable bonds is 2. The second kappa shape index (κ2) is 6.44. The molecule has 3 rings (SSSR count). The van der Waals surface area contributed by atoms with Crippen LogP contribution in [0.1, 0.15) is 26.3 Å². The molecule has 6 atom stereocenters. The van der Waals surface area contributed by atoms with Gasteiger partial charge in [0.05, 0.1) is 23.1 Å². The van der Waals surface area contributed by atoms with E-state index in [1.807, 2.05) is 6.92 Å². The van der Waals surface area contributed by atoms with Crippen LogP contribution in [-0.2, 0) is 14.6 Å². The summed E-state index contributed by atoms with van der Waals surface area (Å²) in [5, 5.41) is 29.8. The number of fused-ring (bicyclic) bond motifs is 2. The predicted molar refractivity (Wildman–Crippen MR) is 95.8 cm³/mol. The molecule has 2 fully saturated rings. The van der Waals surface area contributed by atoms with Crippen LogP contribution >= 0.6 is 0 Å². The van der Waals surface area contributed by atoms with Crippen molar-refractivity contribution in [3.63, 3.8) is 0 Å². The van der Waals surface area contributed by atoms with Gasteiger partial charge in [0.1, 0.15) is 23.1 Å². The second-order valence-corrected chi connectivity index (χ2v) is 10.3. The van der Waals surface area contributed by atoms with E-state index in [2.05, 4.69) is 0 Å². The average molecular weight is 399 g/mol. The molecule has 2 aliphatic heterocycles. The van der Waals surface area contributed by atoms with Crippen molar-refractivity contribution < 1.29 is 33.3 Å². The Morgan fingerprint density at radius 3 is 2.04 bits per heavy atom. The van der Waals surface area contributed by atoms with Gasteiger partial charge in [0.2, 0.25) is 0 Å². The molecule has 2 heterocycles. The van der Waals surface area contributed by atoms with Gasteiger partial charge in [-0.15, -0.1) is 0 Å². The molecule has 0 spiro atoms. The molecule has 2 bridgehead atoms. The Kier molecular flexibility index (Phi) is 4.79. The third kappa shape index (κ3) is 3.22. The molecule has 0 aromatic heterocycles. The number of aliphatic hydroxyl groups is 3. The van der Waals surface area contributed by atoms with Crippen molar-refractivity contribution in [1.29, 1.82) is 0 Å². The summed E-state index contributed by atoms with van der Waals surface area (Å²) in [7, 11) is -4.07. The van der Waals surface area contributed by atoms with Crippen molar-refractivity contribution in [3.05, 3.63) is 29.8 Å². The normalized spacial score (nSPS) is 33.4. The van der Waals surface area contributed by atoms with E-state index in [9.17, 15) is 28.5 Å². The maximum atomic E-state index is 13.1. The SMILES string of the molecule is Cc1ccc(S(=O)(=O)[C@@H]2[C@H](O)[C@H]3[C@@H](O)[C@@H](O)[C@H]2N3C(=O)OC(C)(C)C)cc1. The van der Waals surface area contributed by atoms with Crippen LogP contribution in [0.4, 0.5) is 4.79 Å². The third-order valence-corrected chi connectivity index (χ3v) is 7.23. The summed E-state index contributed by atoms with van der Waals surface area (Å²) < 4.78 is 31.5. The monoisotopic (exact) mass is 399 g/mol. The molecule has 1 aromatic carbocycles. The van der Waals surface area contributed by atoms with Gasteiger partial charge in [-0.1, -0.05) is 17.7 Å². The number of amides is 1. The number of carbonyl (C=O) groups excluding carboxylic acids is 1. The zero-order valence-electron chi connectivity index (χ0n) is 15.6. The molecule has 9 heteroatoms. The van der Waals surface area contributed by atoms with Gasteiger partial charge >= 0.3 is 6.09 Å². The highest BCUT2D eigenvalue weighted by molar-refractivity contribution is 7.92. The second-order valence-electron chi connectivity index (χ2n) is 8.16. The summed E-state index contributed by atoms with van der Waals surface area (Å²) in [6.07, 6.45) is -5.39. The zero-order chi connectivity index (χ0) is 20.3. The zero-order valence-corrected chi connectivity index (χ0v) is 16.4. The molecule has 0 aliphatic carbocycles. The van der Waals surface area contributed by atoms with Crippen molar-refractivity contribution in [2.75, 3.05) is 0 Å². The quantitative estimate of drug-likeness (QED) is 0.650. The number of sulfone groups is 1. The number of hydrogen-bond acceptors (Lipinski definition) is 7. The highest BCUT2D eigenvalue weighted by atomic mass is 32.2. The summed E-state index contributed by atoms with van der Waals surface area (Å²) in [6.45, 7) is 6.75. The molecule has 1 amide bonds. The van der Waals surface area contributed by atoms with E-state index in [4.69, 9.17) is 4.74 Å². The van der Waals surface area contributed by atoms with Crippen molar-refractivity contribution in [3.8, 4) is 0 Å². The fourth-order valence-electron chi connectivity index (χ4n) is 3.86. The standard InChI is InChI=1S/C18H25NO7S/c1-9-5-7-10(8-6-9)27(24,25)16-12-14(21)13(20)11(15(16)22)19(12)17(23)26-18(2,3)4/h5-8,11-16,20-22H,1-4H3/t11-,12-,13-,14+,15-,16+/m1/s1. The lowest BCUT2D eigenvalue weighted by atomic mass is 9.92. The highest BCUT2D eigenvalue weighted by Crippen LogP contribution is 2.44. The van der Waals surface area contributed by atoms with Crippen LogP contribution < -0.4 is 0 Å². The number of hydrogen-bond donors (Lipinski definition) is 3. The lowest BCUT2D eigenvalue weighted by Gasteiger charge is -2.31. The Labute approximate surface area is 158 Å². The van der Waals surface area contributed by atoms with E-state index in [1.54, 1.807) is 32.9 Å². The average Bonchev–Trinajstić information content (AvgIpc) is 2.97. The van der Waals surface area contributed by atoms with Gasteiger partial charge in [-0.2, -0.15) is 0 Å². The minimum Gasteiger partial charge on any atom is -0.444 e. The van der Waals surface area contributed by atoms with Gasteiger partial charge in [-0.3, -0.25) is 4.90 Å². The smallest absolute Gasteiger partial charge is 0.411 e. The summed E-state index contributed by atoms with van der Waals surface area (Å²) >= 11 is 0. The number of aliphatic hydroxyl groups excluding tert-OH is 3. The minimum atomic E-state index is -4.07. The maximum Gasteiger partial charge on any atom is 0.411 e. The van der Waals surface area contributed by atoms with Gasteiger partial charge in [0.25, 0.3) is 0 Å². The number of ether oxygens (including phenoxy) is 1. The summed E-state index contributed by atoms with van der Waals surface area (Å²) in [5.41, 5.74) is 0.0129. The first-order valence-electron chi connectivity index (χ1n) is 8.72. The lowest BCUT2D eigenvalue weighted by molar-refractivity contribution is -0.0273. The number of aryl methyl sites for hydroxylation is 1. The first-order chi connectivity index (χ1) is 12.4. The third-order valence-electron chi connectivity index (χ3n) is 5.03. The minimum absolute atomic E-state index is 0.0180. The van der Waals surface area contributed by atoms with E-state index in [-0.39, 0.29) is 4.90 Å². The molecule has 150 valence electrons. The van der Waals surface area contributed by atoms with Crippen molar-refractivity contribution in [2.45, 2.75) is 73.8 Å². The van der Waals surface area contributed by atoms with Crippen molar-refractivity contribution >= 4 is 15.9 Å². The van der Waals surface area contributed by atoms with Crippen molar-refractivity contribution in [2.24, 2.45) is 0 Å². The van der Waals surface area contributed by atoms with Gasteiger partial charge in [0, 0.05) is 0 Å². The Morgan fingerprint density at radius 2 is 1.52 bits per heavy atom. The Hall–Kier alpha value is -1.68. The maximum absolute atomic E-state index is 13.1. The first kappa shape index (κ1) is 20.1. The molecule has 27 heavy (non-hydrogen) atoms. The van der Waals surface area contributed by atoms with E-state index in [0.29, 0.717) is 0 Å². The molecule has 3 N–H and O–H groups in total. The summed E-state index contributed by atoms with van der Waals surface area (Å²) in [5.74, 6) is 0. The Balaban J connectivity index is 2.01. The van der Waals surface area contributed by atoms with E-state index in [0.717, 1.165) is 10.5 Å². The molecule has 2 aliphatic rings. The molecule has 8 nitrogen and oxygen atoms in total. The molecule has 2 saturated heterocycles. The molecule has 0 radical (unpaired) electrons. The predicted octanol–water partition coefficient (Wildman–Crippen LogP) is 0.222. The number of nitrogens with zero attached hydrogens (tertiary/aromatic N) is 1. The van der Waals surface area contributed by atoms with Gasteiger partial charge in [-0.05, 0) is 39.8 Å². The fourth-order valence-corrected chi connectivity index (χ4v) is 5.87. The van der Waals surface area contributed by atoms with Gasteiger partial charge in [-0.25, -0.2) is 13.2 Å². The van der Waals surface area contributed by atoms with Gasteiger partial charge < -0.3 is 20.1 Å². The Bertz CT molecular complexity index is 830. The number of benzene rings is 1. The fraction of sp³-hybridized carbons (Fsp3) is 0.611. The van der Waals surface area contributed by atoms with E-state index >= 15 is 0 Å². The van der Waals surface area contributed by atoms with Crippen LogP contribution in [0.25, 0.3) is 0 Å². The van der Waals surface area contributed by atoms with Crippen LogP contribution in [0.2, 0.25) is 0 Å². The van der Waals surface area contributed by atoms with E-state index < -0.39 is 57.2 Å². The van der Waals surface area contributed by atoms with Crippen LogP contribution in [0, 0.1) is 6.92 Å². The van der Waals surface area contributed by atoms with Crippen LogP contribution in [0.15, 0.2) is 29.2 Å². The first-order valence-corrected chi connectivity index (χ1v) is 10.3. The van der Waals surface area contributed by atoms with Crippen LogP contribution in [0.3, 0.4) is 0 Å². The molecule has 0 unspecified atom stereocenters. The topological polar surface area (TPSA) is 124 Å². The van der Waals surface area contributed by atoms with Crippen LogP contribution in [-0.4, -0.2) is 76.0 Å². The Morgan fingerprint density at radius 1 is 1.00 bits per heavy atom. The van der Waals surface area contributed by atoms with Crippen LogP contribution in [0.5, 0.6) is 0 Å². The summed E-state index contributed by atoms with van der Waals surface area (Å²) in [4.78, 5) is 13.5. The lowest BCUT2D eigenvalue weighted by Crippen LogP contribution is -2.55.